The van der Waals surface area contributed by atoms with Crippen LogP contribution in [0, 0.1) is 0 Å². The molecule has 0 amide bonds. The molecule has 0 fully saturated rings. The lowest BCUT2D eigenvalue weighted by Gasteiger charge is -2.05. The number of hydrogen-bond acceptors (Lipinski definition) is 5. The summed E-state index contributed by atoms with van der Waals surface area (Å²) in [4.78, 5) is 4.19. The first-order chi connectivity index (χ1) is 7.79. The molecule has 0 saturated carbocycles. The van der Waals surface area contributed by atoms with Gasteiger partial charge in [-0.1, -0.05) is 0 Å². The van der Waals surface area contributed by atoms with Gasteiger partial charge in [-0.05, 0) is 12.1 Å². The molecule has 2 aromatic rings. The van der Waals surface area contributed by atoms with Gasteiger partial charge in [0.2, 0.25) is 0 Å². The number of anilines is 1. The van der Waals surface area contributed by atoms with Crippen LogP contribution in [0.2, 0.25) is 0 Å². The fourth-order valence-corrected chi connectivity index (χ4v) is 1.24. The molecule has 0 atom stereocenters. The van der Waals surface area contributed by atoms with Gasteiger partial charge in [0.15, 0.2) is 5.82 Å². The zero-order valence-electron chi connectivity index (χ0n) is 9.21. The summed E-state index contributed by atoms with van der Waals surface area (Å²) in [5.74, 6) is 2.38. The van der Waals surface area contributed by atoms with Crippen molar-refractivity contribution < 1.29 is 4.74 Å². The molecule has 2 heterocycles. The van der Waals surface area contributed by atoms with Crippen LogP contribution in [-0.4, -0.2) is 26.9 Å². The van der Waals surface area contributed by atoms with E-state index >= 15 is 0 Å². The van der Waals surface area contributed by atoms with E-state index in [9.17, 15) is 0 Å². The van der Waals surface area contributed by atoms with Crippen LogP contribution in [0.3, 0.4) is 0 Å². The summed E-state index contributed by atoms with van der Waals surface area (Å²) in [6.07, 6.45) is 3.33. The van der Waals surface area contributed by atoms with Gasteiger partial charge in [0.05, 0.1) is 19.9 Å². The molecule has 84 valence electrons. The molecule has 0 aliphatic heterocycles. The molecule has 16 heavy (non-hydrogen) atoms. The van der Waals surface area contributed by atoms with Crippen molar-refractivity contribution in [3.05, 3.63) is 30.5 Å². The highest BCUT2D eigenvalue weighted by Crippen LogP contribution is 2.11. The predicted molar refractivity (Wildman–Crippen MR) is 59.1 cm³/mol. The monoisotopic (exact) mass is 219 g/mol. The third-order valence-corrected chi connectivity index (χ3v) is 2.20. The average Bonchev–Trinajstić information content (AvgIpc) is 2.73. The minimum absolute atomic E-state index is 0.593. The van der Waals surface area contributed by atoms with Gasteiger partial charge in [0.25, 0.3) is 0 Å². The first-order valence-electron chi connectivity index (χ1n) is 4.86. The largest absolute Gasteiger partial charge is 0.495 e. The zero-order chi connectivity index (χ0) is 11.4. The Balaban J connectivity index is 1.97. The summed E-state index contributed by atoms with van der Waals surface area (Å²) >= 11 is 0. The summed E-state index contributed by atoms with van der Waals surface area (Å²) in [6.45, 7) is 0.593. The first-order valence-corrected chi connectivity index (χ1v) is 4.86. The van der Waals surface area contributed by atoms with E-state index in [2.05, 4.69) is 20.5 Å². The number of nitrogens with one attached hydrogen (secondary N) is 1. The number of aryl methyl sites for hydroxylation is 1. The van der Waals surface area contributed by atoms with Crippen LogP contribution in [0.15, 0.2) is 24.7 Å². The number of rotatable bonds is 4. The summed E-state index contributed by atoms with van der Waals surface area (Å²) < 4.78 is 6.88. The maximum absolute atomic E-state index is 5.02. The summed E-state index contributed by atoms with van der Waals surface area (Å²) in [5, 5.41) is 10.9. The molecular formula is C10H13N5O. The quantitative estimate of drug-likeness (QED) is 0.825. The van der Waals surface area contributed by atoms with Crippen LogP contribution in [0.5, 0.6) is 5.75 Å². The minimum Gasteiger partial charge on any atom is -0.495 e. The molecule has 1 N–H and O–H groups in total. The van der Waals surface area contributed by atoms with Crippen LogP contribution < -0.4 is 10.1 Å². The third kappa shape index (κ3) is 2.28. The van der Waals surface area contributed by atoms with E-state index in [4.69, 9.17) is 4.74 Å². The van der Waals surface area contributed by atoms with Gasteiger partial charge in [-0.2, -0.15) is 0 Å². The maximum Gasteiger partial charge on any atom is 0.151 e. The van der Waals surface area contributed by atoms with Crippen molar-refractivity contribution in [1.82, 2.24) is 19.7 Å². The second kappa shape index (κ2) is 4.61. The van der Waals surface area contributed by atoms with Crippen molar-refractivity contribution in [2.75, 3.05) is 12.4 Å². The van der Waals surface area contributed by atoms with Gasteiger partial charge in [0.1, 0.15) is 17.9 Å². The van der Waals surface area contributed by atoms with E-state index in [0.717, 1.165) is 17.4 Å². The standard InChI is InChI=1S/C10H13N5O/c1-15-7-13-14-10(15)6-12-9-4-3-8(16-2)5-11-9/h3-5,7H,6H2,1-2H3,(H,11,12). The average molecular weight is 219 g/mol. The zero-order valence-corrected chi connectivity index (χ0v) is 9.21. The molecule has 0 aromatic carbocycles. The summed E-state index contributed by atoms with van der Waals surface area (Å²) in [7, 11) is 3.52. The van der Waals surface area contributed by atoms with Crippen LogP contribution in [0.1, 0.15) is 5.82 Å². The lowest BCUT2D eigenvalue weighted by Crippen LogP contribution is -2.06. The Bertz CT molecular complexity index is 450. The number of pyridine rings is 1. The van der Waals surface area contributed by atoms with E-state index in [1.807, 2.05) is 23.7 Å². The first kappa shape index (κ1) is 10.4. The third-order valence-electron chi connectivity index (χ3n) is 2.20. The van der Waals surface area contributed by atoms with Crippen molar-refractivity contribution in [3.8, 4) is 5.75 Å². The highest BCUT2D eigenvalue weighted by molar-refractivity contribution is 5.37. The van der Waals surface area contributed by atoms with Crippen molar-refractivity contribution in [2.45, 2.75) is 6.54 Å². The molecule has 0 unspecified atom stereocenters. The predicted octanol–water partition coefficient (Wildman–Crippen LogP) is 0.831. The van der Waals surface area contributed by atoms with Crippen LogP contribution >= 0.6 is 0 Å². The highest BCUT2D eigenvalue weighted by Gasteiger charge is 2.00. The molecule has 0 spiro atoms. The molecule has 6 nitrogen and oxygen atoms in total. The molecule has 2 aromatic heterocycles. The van der Waals surface area contributed by atoms with Crippen LogP contribution in [-0.2, 0) is 13.6 Å². The van der Waals surface area contributed by atoms with E-state index in [0.29, 0.717) is 6.54 Å². The number of methoxy groups -OCH3 is 1. The summed E-state index contributed by atoms with van der Waals surface area (Å²) in [5.41, 5.74) is 0. The van der Waals surface area contributed by atoms with E-state index in [1.165, 1.54) is 0 Å². The van der Waals surface area contributed by atoms with Gasteiger partial charge >= 0.3 is 0 Å². The normalized spacial score (nSPS) is 10.1. The number of nitrogens with zero attached hydrogens (tertiary/aromatic N) is 4. The molecule has 0 bridgehead atoms. The van der Waals surface area contributed by atoms with E-state index in [-0.39, 0.29) is 0 Å². The van der Waals surface area contributed by atoms with E-state index < -0.39 is 0 Å². The Labute approximate surface area is 93.3 Å². The van der Waals surface area contributed by atoms with Gasteiger partial charge in [0, 0.05) is 7.05 Å². The Kier molecular flexibility index (Phi) is 3.00. The number of aromatic nitrogens is 4. The maximum atomic E-state index is 5.02. The van der Waals surface area contributed by atoms with Crippen molar-refractivity contribution >= 4 is 5.82 Å². The molecular weight excluding hydrogens is 206 g/mol. The highest BCUT2D eigenvalue weighted by atomic mass is 16.5. The smallest absolute Gasteiger partial charge is 0.151 e. The molecule has 6 heteroatoms. The van der Waals surface area contributed by atoms with Crippen molar-refractivity contribution in [1.29, 1.82) is 0 Å². The second-order valence-electron chi connectivity index (χ2n) is 3.29. The molecule has 0 aliphatic carbocycles. The number of hydrogen-bond donors (Lipinski definition) is 1. The second-order valence-corrected chi connectivity index (χ2v) is 3.29. The van der Waals surface area contributed by atoms with Gasteiger partial charge in [-0.25, -0.2) is 4.98 Å². The fraction of sp³-hybridized carbons (Fsp3) is 0.300. The van der Waals surface area contributed by atoms with Gasteiger partial charge in [-0.3, -0.25) is 0 Å². The van der Waals surface area contributed by atoms with Gasteiger partial charge in [-0.15, -0.1) is 10.2 Å². The van der Waals surface area contributed by atoms with E-state index in [1.54, 1.807) is 19.6 Å². The fourth-order valence-electron chi connectivity index (χ4n) is 1.24. The van der Waals surface area contributed by atoms with Crippen molar-refractivity contribution in [3.63, 3.8) is 0 Å². The molecule has 0 radical (unpaired) electrons. The Morgan fingerprint density at radius 3 is 2.88 bits per heavy atom. The minimum atomic E-state index is 0.593. The van der Waals surface area contributed by atoms with Crippen molar-refractivity contribution in [2.24, 2.45) is 7.05 Å². The van der Waals surface area contributed by atoms with Gasteiger partial charge < -0.3 is 14.6 Å². The molecule has 2 rings (SSSR count). The molecule has 0 aliphatic rings. The Hall–Kier alpha value is -2.11. The topological polar surface area (TPSA) is 64.9 Å². The lowest BCUT2D eigenvalue weighted by atomic mass is 10.4. The molecule has 0 saturated heterocycles. The lowest BCUT2D eigenvalue weighted by molar-refractivity contribution is 0.413. The van der Waals surface area contributed by atoms with Crippen LogP contribution in [0.4, 0.5) is 5.82 Å². The Morgan fingerprint density at radius 2 is 2.31 bits per heavy atom. The Morgan fingerprint density at radius 1 is 1.44 bits per heavy atom. The SMILES string of the molecule is COc1ccc(NCc2nncn2C)nc1. The van der Waals surface area contributed by atoms with Crippen LogP contribution in [0.25, 0.3) is 0 Å². The number of ether oxygens (including phenoxy) is 1. The summed E-state index contributed by atoms with van der Waals surface area (Å²) in [6, 6.07) is 3.71.